The first-order chi connectivity index (χ1) is 9.98. The second-order valence-corrected chi connectivity index (χ2v) is 6.07. The molecule has 1 aliphatic rings. The number of carbonyl (C=O) groups excluding carboxylic acids is 2. The van der Waals surface area contributed by atoms with E-state index in [9.17, 15) is 9.59 Å². The minimum Gasteiger partial charge on any atom is -0.325 e. The highest BCUT2D eigenvalue weighted by atomic mass is 35.5. The second kappa shape index (κ2) is 6.58. The first-order valence-corrected chi connectivity index (χ1v) is 7.69. The van der Waals surface area contributed by atoms with Crippen LogP contribution in [0.1, 0.15) is 43.5 Å². The van der Waals surface area contributed by atoms with Gasteiger partial charge in [-0.2, -0.15) is 0 Å². The van der Waals surface area contributed by atoms with Gasteiger partial charge in [0.25, 0.3) is 0 Å². The molecule has 1 unspecified atom stereocenters. The Morgan fingerprint density at radius 3 is 2.71 bits per heavy atom. The summed E-state index contributed by atoms with van der Waals surface area (Å²) in [5, 5.41) is 6.34. The molecule has 0 saturated carbocycles. The molecular formula is C16H21ClN2O2. The van der Waals surface area contributed by atoms with E-state index >= 15 is 0 Å². The van der Waals surface area contributed by atoms with E-state index < -0.39 is 0 Å². The zero-order valence-electron chi connectivity index (χ0n) is 12.5. The average Bonchev–Trinajstić information content (AvgIpc) is 2.90. The van der Waals surface area contributed by atoms with E-state index in [1.54, 1.807) is 18.2 Å². The van der Waals surface area contributed by atoms with Gasteiger partial charge in [0.15, 0.2) is 5.78 Å². The Morgan fingerprint density at radius 2 is 2.19 bits per heavy atom. The Balaban J connectivity index is 2.26. The molecule has 1 amide bonds. The van der Waals surface area contributed by atoms with Gasteiger partial charge in [-0.1, -0.05) is 24.9 Å². The molecule has 4 nitrogen and oxygen atoms in total. The van der Waals surface area contributed by atoms with Crippen molar-refractivity contribution >= 4 is 29.0 Å². The Bertz CT molecular complexity index is 551. The number of hydrogen-bond donors (Lipinski definition) is 2. The maximum Gasteiger partial charge on any atom is 0.221 e. The zero-order chi connectivity index (χ0) is 15.5. The fourth-order valence-corrected chi connectivity index (χ4v) is 3.22. The zero-order valence-corrected chi connectivity index (χ0v) is 13.2. The number of anilines is 1. The van der Waals surface area contributed by atoms with E-state index in [4.69, 9.17) is 11.6 Å². The van der Waals surface area contributed by atoms with Gasteiger partial charge in [0, 0.05) is 24.4 Å². The minimum atomic E-state index is -0.312. The van der Waals surface area contributed by atoms with Crippen molar-refractivity contribution < 1.29 is 9.59 Å². The fraction of sp³-hybridized carbons (Fsp3) is 0.500. The van der Waals surface area contributed by atoms with Crippen molar-refractivity contribution in [2.75, 3.05) is 18.4 Å². The van der Waals surface area contributed by atoms with Gasteiger partial charge in [0.1, 0.15) is 0 Å². The summed E-state index contributed by atoms with van der Waals surface area (Å²) in [6.45, 7) is 5.13. The maximum absolute atomic E-state index is 12.9. The predicted molar refractivity (Wildman–Crippen MR) is 84.9 cm³/mol. The number of Topliss-reactive ketones (excluding diaryl/α,β-unsaturated/α-hetero) is 1. The van der Waals surface area contributed by atoms with Gasteiger partial charge in [-0.05, 0) is 37.6 Å². The average molecular weight is 309 g/mol. The fourth-order valence-electron chi connectivity index (χ4n) is 3.00. The van der Waals surface area contributed by atoms with Gasteiger partial charge in [-0.3, -0.25) is 9.59 Å². The third kappa shape index (κ3) is 3.44. The first-order valence-electron chi connectivity index (χ1n) is 7.31. The van der Waals surface area contributed by atoms with Crippen molar-refractivity contribution in [3.8, 4) is 0 Å². The van der Waals surface area contributed by atoms with Crippen molar-refractivity contribution in [1.29, 1.82) is 0 Å². The van der Waals surface area contributed by atoms with Crippen molar-refractivity contribution in [3.63, 3.8) is 0 Å². The molecule has 0 bridgehead atoms. The molecule has 1 saturated heterocycles. The summed E-state index contributed by atoms with van der Waals surface area (Å²) in [6.07, 6.45) is 2.72. The van der Waals surface area contributed by atoms with E-state index in [1.165, 1.54) is 6.92 Å². The maximum atomic E-state index is 12.9. The molecule has 2 N–H and O–H groups in total. The number of amides is 1. The molecule has 0 spiro atoms. The third-order valence-corrected chi connectivity index (χ3v) is 4.31. The Morgan fingerprint density at radius 1 is 1.43 bits per heavy atom. The lowest BCUT2D eigenvalue weighted by molar-refractivity contribution is -0.114. The lowest BCUT2D eigenvalue weighted by Gasteiger charge is -2.26. The summed E-state index contributed by atoms with van der Waals surface area (Å²) < 4.78 is 0. The SMILES string of the molecule is CCCC1(C(=O)c2ccc(NC(C)=O)c(Cl)c2)CCNC1. The second-order valence-electron chi connectivity index (χ2n) is 5.66. The monoisotopic (exact) mass is 308 g/mol. The van der Waals surface area contributed by atoms with Crippen molar-refractivity contribution in [3.05, 3.63) is 28.8 Å². The molecule has 5 heteroatoms. The lowest BCUT2D eigenvalue weighted by atomic mass is 9.76. The minimum absolute atomic E-state index is 0.144. The van der Waals surface area contributed by atoms with Crippen LogP contribution in [0.15, 0.2) is 18.2 Å². The molecule has 0 radical (unpaired) electrons. The van der Waals surface area contributed by atoms with Crippen LogP contribution in [0.5, 0.6) is 0 Å². The van der Waals surface area contributed by atoms with Crippen LogP contribution in [0.2, 0.25) is 5.02 Å². The highest BCUT2D eigenvalue weighted by Gasteiger charge is 2.40. The van der Waals surface area contributed by atoms with Crippen LogP contribution < -0.4 is 10.6 Å². The lowest BCUT2D eigenvalue weighted by Crippen LogP contribution is -2.33. The Labute approximate surface area is 130 Å². The van der Waals surface area contributed by atoms with Crippen LogP contribution in [0.4, 0.5) is 5.69 Å². The quantitative estimate of drug-likeness (QED) is 0.821. The molecule has 1 aromatic rings. The van der Waals surface area contributed by atoms with Crippen LogP contribution in [-0.2, 0) is 4.79 Å². The van der Waals surface area contributed by atoms with Gasteiger partial charge in [-0.15, -0.1) is 0 Å². The third-order valence-electron chi connectivity index (χ3n) is 4.00. The number of hydrogen-bond acceptors (Lipinski definition) is 3. The molecule has 1 fully saturated rings. The van der Waals surface area contributed by atoms with Crippen LogP contribution in [0.3, 0.4) is 0 Å². The van der Waals surface area contributed by atoms with E-state index in [-0.39, 0.29) is 17.1 Å². The Kier molecular flexibility index (Phi) is 5.01. The van der Waals surface area contributed by atoms with Crippen LogP contribution in [-0.4, -0.2) is 24.8 Å². The normalized spacial score (nSPS) is 21.3. The molecule has 21 heavy (non-hydrogen) atoms. The van der Waals surface area contributed by atoms with Crippen LogP contribution in [0, 0.1) is 5.41 Å². The highest BCUT2D eigenvalue weighted by molar-refractivity contribution is 6.34. The van der Waals surface area contributed by atoms with Crippen molar-refractivity contribution in [2.24, 2.45) is 5.41 Å². The smallest absolute Gasteiger partial charge is 0.221 e. The largest absolute Gasteiger partial charge is 0.325 e. The van der Waals surface area contributed by atoms with Gasteiger partial charge in [0.2, 0.25) is 5.91 Å². The molecule has 0 aromatic heterocycles. The standard InChI is InChI=1S/C16H21ClN2O2/c1-3-6-16(7-8-18-10-16)15(21)12-4-5-14(13(17)9-12)19-11(2)20/h4-5,9,18H,3,6-8,10H2,1-2H3,(H,19,20). The molecular weight excluding hydrogens is 288 g/mol. The number of halogens is 1. The summed E-state index contributed by atoms with van der Waals surface area (Å²) in [6, 6.07) is 5.10. The molecule has 1 aromatic carbocycles. The predicted octanol–water partition coefficient (Wildman–Crippen LogP) is 3.26. The molecule has 2 rings (SSSR count). The molecule has 1 aliphatic heterocycles. The van der Waals surface area contributed by atoms with Gasteiger partial charge in [0.05, 0.1) is 10.7 Å². The molecule has 0 aliphatic carbocycles. The van der Waals surface area contributed by atoms with Crippen LogP contribution in [0.25, 0.3) is 0 Å². The molecule has 1 atom stereocenters. The molecule has 114 valence electrons. The Hall–Kier alpha value is -1.39. The number of rotatable bonds is 5. The topological polar surface area (TPSA) is 58.2 Å². The van der Waals surface area contributed by atoms with E-state index in [1.807, 2.05) is 0 Å². The number of ketones is 1. The summed E-state index contributed by atoms with van der Waals surface area (Å²) in [5.41, 5.74) is 0.842. The van der Waals surface area contributed by atoms with Gasteiger partial charge < -0.3 is 10.6 Å². The summed E-state index contributed by atoms with van der Waals surface area (Å²) in [4.78, 5) is 23.9. The number of benzene rings is 1. The molecule has 1 heterocycles. The van der Waals surface area contributed by atoms with Gasteiger partial charge in [-0.25, -0.2) is 0 Å². The van der Waals surface area contributed by atoms with Gasteiger partial charge >= 0.3 is 0 Å². The van der Waals surface area contributed by atoms with E-state index in [0.29, 0.717) is 16.3 Å². The van der Waals surface area contributed by atoms with E-state index in [2.05, 4.69) is 17.6 Å². The van der Waals surface area contributed by atoms with Crippen molar-refractivity contribution in [2.45, 2.75) is 33.1 Å². The van der Waals surface area contributed by atoms with Crippen LogP contribution >= 0.6 is 11.6 Å². The summed E-state index contributed by atoms with van der Waals surface area (Å²) in [7, 11) is 0. The van der Waals surface area contributed by atoms with Crippen molar-refractivity contribution in [1.82, 2.24) is 5.32 Å². The first kappa shape index (κ1) is 16.0. The number of carbonyl (C=O) groups is 2. The van der Waals surface area contributed by atoms with E-state index in [0.717, 1.165) is 32.4 Å². The summed E-state index contributed by atoms with van der Waals surface area (Å²) in [5.74, 6) is -0.0379. The highest BCUT2D eigenvalue weighted by Crippen LogP contribution is 2.36. The number of nitrogens with one attached hydrogen (secondary N) is 2. The summed E-state index contributed by atoms with van der Waals surface area (Å²) >= 11 is 6.16.